The predicted octanol–water partition coefficient (Wildman–Crippen LogP) is 2.72. The van der Waals surface area contributed by atoms with E-state index in [-0.39, 0.29) is 18.4 Å². The van der Waals surface area contributed by atoms with Crippen LogP contribution in [-0.2, 0) is 9.31 Å². The summed E-state index contributed by atoms with van der Waals surface area (Å²) in [6, 6.07) is 6.86. The molecule has 1 saturated heterocycles. The Balaban J connectivity index is 0.00000109. The lowest BCUT2D eigenvalue weighted by molar-refractivity contribution is 0.00578. The first-order chi connectivity index (χ1) is 11.7. The molecule has 2 aliphatic heterocycles. The summed E-state index contributed by atoms with van der Waals surface area (Å²) < 4.78 is 11.7. The Morgan fingerprint density at radius 3 is 1.88 bits per heavy atom. The zero-order valence-corrected chi connectivity index (χ0v) is 15.0. The van der Waals surface area contributed by atoms with Crippen LogP contribution in [0.2, 0.25) is 0 Å². The van der Waals surface area contributed by atoms with E-state index in [1.165, 1.54) is 4.90 Å². The number of amides is 2. The Hall–Kier alpha value is -2.36. The van der Waals surface area contributed by atoms with Gasteiger partial charge < -0.3 is 9.31 Å². The Morgan fingerprint density at radius 1 is 1.00 bits per heavy atom. The Morgan fingerprint density at radius 2 is 1.44 bits per heavy atom. The minimum absolute atomic E-state index is 0.205. The molecule has 1 fully saturated rings. The lowest BCUT2D eigenvalue weighted by Gasteiger charge is -2.32. The fraction of sp³-hybridized carbons (Fsp3) is 0.368. The Labute approximate surface area is 149 Å². The van der Waals surface area contributed by atoms with Crippen LogP contribution in [-0.4, -0.2) is 41.6 Å². The van der Waals surface area contributed by atoms with Crippen LogP contribution < -0.4 is 0 Å². The highest BCUT2D eigenvalue weighted by Gasteiger charge is 2.50. The summed E-state index contributed by atoms with van der Waals surface area (Å²) in [6.07, 6.45) is 9.74. The zero-order valence-electron chi connectivity index (χ0n) is 15.0. The van der Waals surface area contributed by atoms with Crippen LogP contribution in [0, 0.1) is 12.8 Å². The first-order valence-electron chi connectivity index (χ1n) is 8.04. The third-order valence-electron chi connectivity index (χ3n) is 4.73. The van der Waals surface area contributed by atoms with E-state index >= 15 is 0 Å². The van der Waals surface area contributed by atoms with Crippen LogP contribution in [0.5, 0.6) is 0 Å². The van der Waals surface area contributed by atoms with Crippen LogP contribution in [0.15, 0.2) is 36.3 Å². The molecule has 0 aromatic heterocycles. The second kappa shape index (κ2) is 6.87. The molecule has 0 spiro atoms. The fourth-order valence-electron chi connectivity index (χ4n) is 2.65. The SMILES string of the molecule is C#C.CC1(C)OB(/C=C/CN2C(=O)c3ccccc3C2=O)OC1(C)C. The first kappa shape index (κ1) is 19.0. The fourth-order valence-corrected chi connectivity index (χ4v) is 2.65. The quantitative estimate of drug-likeness (QED) is 0.483. The van der Waals surface area contributed by atoms with Crippen molar-refractivity contribution in [3.8, 4) is 12.8 Å². The van der Waals surface area contributed by atoms with Gasteiger partial charge in [0.2, 0.25) is 0 Å². The average molecular weight is 339 g/mol. The van der Waals surface area contributed by atoms with Gasteiger partial charge in [0.25, 0.3) is 11.8 Å². The van der Waals surface area contributed by atoms with Crippen molar-refractivity contribution in [3.63, 3.8) is 0 Å². The van der Waals surface area contributed by atoms with Crippen molar-refractivity contribution < 1.29 is 18.9 Å². The van der Waals surface area contributed by atoms with Crippen LogP contribution in [0.1, 0.15) is 48.4 Å². The molecule has 5 nitrogen and oxygen atoms in total. The lowest BCUT2D eigenvalue weighted by atomic mass is 9.90. The molecule has 2 amide bonds. The van der Waals surface area contributed by atoms with Crippen molar-refractivity contribution in [2.24, 2.45) is 0 Å². The number of terminal acetylenes is 1. The number of fused-ring (bicyclic) bond motifs is 1. The average Bonchev–Trinajstić information content (AvgIpc) is 2.93. The van der Waals surface area contributed by atoms with E-state index in [4.69, 9.17) is 9.31 Å². The predicted molar refractivity (Wildman–Crippen MR) is 96.9 cm³/mol. The van der Waals surface area contributed by atoms with E-state index in [0.29, 0.717) is 11.1 Å². The topological polar surface area (TPSA) is 55.8 Å². The van der Waals surface area contributed by atoms with Crippen LogP contribution in [0.25, 0.3) is 0 Å². The molecular weight excluding hydrogens is 317 g/mol. The van der Waals surface area contributed by atoms with Crippen LogP contribution in [0.3, 0.4) is 0 Å². The number of hydrogen-bond donors (Lipinski definition) is 0. The van der Waals surface area contributed by atoms with Crippen molar-refractivity contribution in [1.29, 1.82) is 0 Å². The summed E-state index contributed by atoms with van der Waals surface area (Å²) >= 11 is 0. The van der Waals surface area contributed by atoms with Crippen molar-refractivity contribution in [2.75, 3.05) is 6.54 Å². The molecule has 0 saturated carbocycles. The minimum Gasteiger partial charge on any atom is -0.400 e. The molecular formula is C19H22BNO4. The molecule has 3 rings (SSSR count). The maximum Gasteiger partial charge on any atom is 0.486 e. The maximum atomic E-state index is 12.2. The number of imide groups is 1. The molecule has 1 aromatic rings. The van der Waals surface area contributed by atoms with Gasteiger partial charge in [-0.1, -0.05) is 24.2 Å². The maximum absolute atomic E-state index is 12.2. The van der Waals surface area contributed by atoms with Gasteiger partial charge in [0, 0.05) is 6.54 Å². The van der Waals surface area contributed by atoms with Crippen molar-refractivity contribution in [3.05, 3.63) is 47.4 Å². The third-order valence-corrected chi connectivity index (χ3v) is 4.73. The number of carbonyl (C=O) groups is 2. The van der Waals surface area contributed by atoms with E-state index in [1.807, 2.05) is 27.7 Å². The van der Waals surface area contributed by atoms with Crippen LogP contribution >= 0.6 is 0 Å². The zero-order chi connectivity index (χ0) is 18.8. The van der Waals surface area contributed by atoms with Crippen LogP contribution in [0.4, 0.5) is 0 Å². The van der Waals surface area contributed by atoms with Gasteiger partial charge >= 0.3 is 7.12 Å². The highest BCUT2D eigenvalue weighted by Crippen LogP contribution is 2.36. The molecule has 0 radical (unpaired) electrons. The second-order valence-corrected chi connectivity index (χ2v) is 6.82. The van der Waals surface area contributed by atoms with Gasteiger partial charge in [-0.3, -0.25) is 14.5 Å². The molecule has 0 bridgehead atoms. The number of hydrogen-bond acceptors (Lipinski definition) is 4. The van der Waals surface area contributed by atoms with E-state index in [1.54, 1.807) is 36.3 Å². The summed E-state index contributed by atoms with van der Waals surface area (Å²) in [5, 5.41) is 0. The summed E-state index contributed by atoms with van der Waals surface area (Å²) in [7, 11) is -0.477. The van der Waals surface area contributed by atoms with Gasteiger partial charge in [-0.15, -0.1) is 12.8 Å². The Kier molecular flexibility index (Phi) is 5.21. The van der Waals surface area contributed by atoms with E-state index < -0.39 is 18.3 Å². The lowest BCUT2D eigenvalue weighted by Crippen LogP contribution is -2.41. The van der Waals surface area contributed by atoms with E-state index in [2.05, 4.69) is 12.8 Å². The monoisotopic (exact) mass is 339 g/mol. The molecule has 0 aliphatic carbocycles. The van der Waals surface area contributed by atoms with Gasteiger partial charge in [0.15, 0.2) is 0 Å². The number of rotatable bonds is 3. The number of benzene rings is 1. The van der Waals surface area contributed by atoms with Gasteiger partial charge in [0.05, 0.1) is 22.3 Å². The smallest absolute Gasteiger partial charge is 0.400 e. The molecule has 2 heterocycles. The third kappa shape index (κ3) is 3.39. The molecule has 6 heteroatoms. The summed E-state index contributed by atoms with van der Waals surface area (Å²) in [5.74, 6) is 1.23. The van der Waals surface area contributed by atoms with E-state index in [0.717, 1.165) is 0 Å². The molecule has 130 valence electrons. The molecule has 0 atom stereocenters. The summed E-state index contributed by atoms with van der Waals surface area (Å²) in [4.78, 5) is 25.7. The minimum atomic E-state index is -0.477. The Bertz CT molecular complexity index is 685. The van der Waals surface area contributed by atoms with Gasteiger partial charge in [-0.2, -0.15) is 0 Å². The van der Waals surface area contributed by atoms with Gasteiger partial charge in [-0.05, 0) is 39.8 Å². The highest BCUT2D eigenvalue weighted by atomic mass is 16.7. The molecule has 0 N–H and O–H groups in total. The number of nitrogens with zero attached hydrogens (tertiary/aromatic N) is 1. The highest BCUT2D eigenvalue weighted by molar-refractivity contribution is 6.51. The van der Waals surface area contributed by atoms with Gasteiger partial charge in [-0.25, -0.2) is 0 Å². The van der Waals surface area contributed by atoms with Crippen molar-refractivity contribution >= 4 is 18.9 Å². The van der Waals surface area contributed by atoms with E-state index in [9.17, 15) is 9.59 Å². The summed E-state index contributed by atoms with van der Waals surface area (Å²) in [5.41, 5.74) is 0.109. The largest absolute Gasteiger partial charge is 0.486 e. The van der Waals surface area contributed by atoms with Gasteiger partial charge in [0.1, 0.15) is 0 Å². The molecule has 2 aliphatic rings. The standard InChI is InChI=1S/C17H20BNO4.C2H2/c1-16(2)17(3,4)23-18(22-16)10-7-11-19-14(20)12-8-5-6-9-13(12)15(19)21;1-2/h5-10H,11H2,1-4H3;1-2H/b10-7+;. The molecule has 25 heavy (non-hydrogen) atoms. The van der Waals surface area contributed by atoms with Crippen molar-refractivity contribution in [1.82, 2.24) is 4.90 Å². The normalized spacial score (nSPS) is 20.6. The second-order valence-electron chi connectivity index (χ2n) is 6.82. The molecule has 1 aromatic carbocycles. The van der Waals surface area contributed by atoms with Crippen molar-refractivity contribution in [2.45, 2.75) is 38.9 Å². The first-order valence-corrected chi connectivity index (χ1v) is 8.04. The summed E-state index contributed by atoms with van der Waals surface area (Å²) in [6.45, 7) is 8.11. The number of carbonyl (C=O) groups excluding carboxylic acids is 2. The molecule has 0 unspecified atom stereocenters.